The monoisotopic (exact) mass is 334 g/mol. The number of carbonyl (C=O) groups excluding carboxylic acids is 1. The van der Waals surface area contributed by atoms with E-state index in [4.69, 9.17) is 0 Å². The Morgan fingerprint density at radius 1 is 1.21 bits per heavy atom. The van der Waals surface area contributed by atoms with Crippen molar-refractivity contribution in [2.75, 3.05) is 5.32 Å². The van der Waals surface area contributed by atoms with Gasteiger partial charge in [-0.25, -0.2) is 9.97 Å². The van der Waals surface area contributed by atoms with Gasteiger partial charge in [-0.05, 0) is 37.3 Å². The first-order valence-corrected chi connectivity index (χ1v) is 8.34. The van der Waals surface area contributed by atoms with Crippen LogP contribution in [0.3, 0.4) is 0 Å². The zero-order valence-corrected chi connectivity index (χ0v) is 13.7. The topological polar surface area (TPSA) is 70.7 Å². The first-order valence-electron chi connectivity index (χ1n) is 7.46. The molecule has 1 amide bonds. The molecule has 2 aromatic carbocycles. The maximum Gasteiger partial charge on any atom is 0.255 e. The molecule has 6 heteroatoms. The highest BCUT2D eigenvalue weighted by molar-refractivity contribution is 7.09. The lowest BCUT2D eigenvalue weighted by Crippen LogP contribution is -2.11. The van der Waals surface area contributed by atoms with Crippen LogP contribution < -0.4 is 5.32 Å². The standard InChI is InChI=1S/C18H14N4OS/c1-11-21-17(9-24-11)12-3-2-4-14(7-12)22-18(23)13-5-6-15-16(8-13)20-10-19-15/h2-10H,1H3,(H,19,20)(H,22,23). The lowest BCUT2D eigenvalue weighted by atomic mass is 10.1. The van der Waals surface area contributed by atoms with Gasteiger partial charge in [0.05, 0.1) is 28.1 Å². The fourth-order valence-electron chi connectivity index (χ4n) is 2.53. The van der Waals surface area contributed by atoms with Crippen LogP contribution in [0, 0.1) is 6.92 Å². The van der Waals surface area contributed by atoms with Gasteiger partial charge in [-0.1, -0.05) is 12.1 Å². The molecule has 0 bridgehead atoms. The summed E-state index contributed by atoms with van der Waals surface area (Å²) in [4.78, 5) is 24.1. The molecule has 0 fully saturated rings. The minimum atomic E-state index is -0.155. The van der Waals surface area contributed by atoms with E-state index in [0.29, 0.717) is 5.56 Å². The number of hydrogen-bond acceptors (Lipinski definition) is 4. The summed E-state index contributed by atoms with van der Waals surface area (Å²) in [7, 11) is 0. The number of imidazole rings is 1. The molecule has 2 heterocycles. The highest BCUT2D eigenvalue weighted by atomic mass is 32.1. The number of carbonyl (C=O) groups is 1. The summed E-state index contributed by atoms with van der Waals surface area (Å²) in [6.07, 6.45) is 1.62. The number of benzene rings is 2. The minimum Gasteiger partial charge on any atom is -0.345 e. The molecule has 4 aromatic rings. The van der Waals surface area contributed by atoms with Gasteiger partial charge in [0.2, 0.25) is 0 Å². The number of H-pyrrole nitrogens is 1. The van der Waals surface area contributed by atoms with Gasteiger partial charge in [0.1, 0.15) is 0 Å². The van der Waals surface area contributed by atoms with E-state index in [9.17, 15) is 4.79 Å². The summed E-state index contributed by atoms with van der Waals surface area (Å²) in [5.74, 6) is -0.155. The van der Waals surface area contributed by atoms with Crippen LogP contribution in [0.25, 0.3) is 22.3 Å². The predicted octanol–water partition coefficient (Wildman–Crippen LogP) is 4.25. The first-order chi connectivity index (χ1) is 11.7. The van der Waals surface area contributed by atoms with Gasteiger partial charge in [0, 0.05) is 22.2 Å². The van der Waals surface area contributed by atoms with E-state index in [1.807, 2.05) is 42.6 Å². The SMILES string of the molecule is Cc1nc(-c2cccc(NC(=O)c3ccc4nc[nH]c4c3)c2)cs1. The number of rotatable bonds is 3. The fourth-order valence-corrected chi connectivity index (χ4v) is 3.15. The summed E-state index contributed by atoms with van der Waals surface area (Å²) in [5, 5.41) is 5.97. The van der Waals surface area contributed by atoms with Crippen molar-refractivity contribution in [1.29, 1.82) is 0 Å². The van der Waals surface area contributed by atoms with Crippen molar-refractivity contribution >= 4 is 34.0 Å². The molecule has 0 aliphatic rings. The Labute approximate surface area is 142 Å². The molecule has 0 saturated heterocycles. The number of nitrogens with zero attached hydrogens (tertiary/aromatic N) is 2. The van der Waals surface area contributed by atoms with Gasteiger partial charge in [-0.2, -0.15) is 0 Å². The van der Waals surface area contributed by atoms with Crippen molar-refractivity contribution in [3.8, 4) is 11.3 Å². The third-order valence-electron chi connectivity index (χ3n) is 3.72. The first kappa shape index (κ1) is 14.6. The zero-order valence-electron chi connectivity index (χ0n) is 12.9. The quantitative estimate of drug-likeness (QED) is 0.588. The number of aromatic nitrogens is 3. The molecule has 4 rings (SSSR count). The van der Waals surface area contributed by atoms with E-state index in [1.165, 1.54) is 0 Å². The molecule has 0 unspecified atom stereocenters. The predicted molar refractivity (Wildman–Crippen MR) is 96.3 cm³/mol. The van der Waals surface area contributed by atoms with E-state index in [1.54, 1.807) is 29.8 Å². The van der Waals surface area contributed by atoms with Crippen LogP contribution in [-0.4, -0.2) is 20.9 Å². The van der Waals surface area contributed by atoms with Crippen LogP contribution in [0.15, 0.2) is 54.2 Å². The molecule has 0 saturated carbocycles. The number of aryl methyl sites for hydroxylation is 1. The fraction of sp³-hybridized carbons (Fsp3) is 0.0556. The molecule has 0 spiro atoms. The Hall–Kier alpha value is -2.99. The van der Waals surface area contributed by atoms with Crippen molar-refractivity contribution < 1.29 is 4.79 Å². The Balaban J connectivity index is 1.59. The smallest absolute Gasteiger partial charge is 0.255 e. The summed E-state index contributed by atoms with van der Waals surface area (Å²) in [6.45, 7) is 1.98. The number of nitrogens with one attached hydrogen (secondary N) is 2. The molecule has 24 heavy (non-hydrogen) atoms. The Morgan fingerprint density at radius 2 is 2.12 bits per heavy atom. The molecule has 2 aromatic heterocycles. The molecule has 0 aliphatic carbocycles. The average Bonchev–Trinajstić information content (AvgIpc) is 3.23. The summed E-state index contributed by atoms with van der Waals surface area (Å²) < 4.78 is 0. The lowest BCUT2D eigenvalue weighted by molar-refractivity contribution is 0.102. The number of thiazole rings is 1. The van der Waals surface area contributed by atoms with Crippen LogP contribution in [0.5, 0.6) is 0 Å². The molecular formula is C18H14N4OS. The summed E-state index contributed by atoms with van der Waals surface area (Å²) >= 11 is 1.61. The van der Waals surface area contributed by atoms with Gasteiger partial charge < -0.3 is 10.3 Å². The normalized spacial score (nSPS) is 10.9. The van der Waals surface area contributed by atoms with Crippen LogP contribution in [0.2, 0.25) is 0 Å². The second-order valence-electron chi connectivity index (χ2n) is 5.42. The van der Waals surface area contributed by atoms with Gasteiger partial charge in [-0.3, -0.25) is 4.79 Å². The van der Waals surface area contributed by atoms with Crippen molar-refractivity contribution in [2.45, 2.75) is 6.92 Å². The average molecular weight is 334 g/mol. The van der Waals surface area contributed by atoms with Gasteiger partial charge >= 0.3 is 0 Å². The number of fused-ring (bicyclic) bond motifs is 1. The Kier molecular flexibility index (Phi) is 3.59. The largest absolute Gasteiger partial charge is 0.345 e. The lowest BCUT2D eigenvalue weighted by Gasteiger charge is -2.07. The second kappa shape index (κ2) is 5.90. The summed E-state index contributed by atoms with van der Waals surface area (Å²) in [6, 6.07) is 13.1. The molecular weight excluding hydrogens is 320 g/mol. The van der Waals surface area contributed by atoms with Crippen molar-refractivity contribution in [3.05, 3.63) is 64.7 Å². The molecule has 2 N–H and O–H groups in total. The number of hydrogen-bond donors (Lipinski definition) is 2. The van der Waals surface area contributed by atoms with Crippen LogP contribution in [0.4, 0.5) is 5.69 Å². The second-order valence-corrected chi connectivity index (χ2v) is 6.48. The molecule has 0 aliphatic heterocycles. The Bertz CT molecular complexity index is 1030. The maximum atomic E-state index is 12.5. The van der Waals surface area contributed by atoms with Gasteiger partial charge in [0.25, 0.3) is 5.91 Å². The van der Waals surface area contributed by atoms with Gasteiger partial charge in [0.15, 0.2) is 0 Å². The molecule has 118 valence electrons. The van der Waals surface area contributed by atoms with Crippen molar-refractivity contribution in [2.24, 2.45) is 0 Å². The van der Waals surface area contributed by atoms with E-state index in [-0.39, 0.29) is 5.91 Å². The molecule has 0 atom stereocenters. The zero-order chi connectivity index (χ0) is 16.5. The van der Waals surface area contributed by atoms with Crippen LogP contribution in [0.1, 0.15) is 15.4 Å². The number of aromatic amines is 1. The molecule has 5 nitrogen and oxygen atoms in total. The van der Waals surface area contributed by atoms with E-state index >= 15 is 0 Å². The van der Waals surface area contributed by atoms with E-state index in [0.717, 1.165) is 33.0 Å². The van der Waals surface area contributed by atoms with Crippen LogP contribution in [-0.2, 0) is 0 Å². The third-order valence-corrected chi connectivity index (χ3v) is 4.49. The Morgan fingerprint density at radius 3 is 2.96 bits per heavy atom. The van der Waals surface area contributed by atoms with E-state index in [2.05, 4.69) is 20.3 Å². The molecule has 0 radical (unpaired) electrons. The van der Waals surface area contributed by atoms with E-state index < -0.39 is 0 Å². The highest BCUT2D eigenvalue weighted by Gasteiger charge is 2.09. The third kappa shape index (κ3) is 2.79. The van der Waals surface area contributed by atoms with Crippen molar-refractivity contribution in [3.63, 3.8) is 0 Å². The van der Waals surface area contributed by atoms with Crippen LogP contribution >= 0.6 is 11.3 Å². The maximum absolute atomic E-state index is 12.5. The summed E-state index contributed by atoms with van der Waals surface area (Å²) in [5.41, 5.74) is 4.92. The number of anilines is 1. The number of amides is 1. The van der Waals surface area contributed by atoms with Crippen molar-refractivity contribution in [1.82, 2.24) is 15.0 Å². The van der Waals surface area contributed by atoms with Gasteiger partial charge in [-0.15, -0.1) is 11.3 Å². The minimum absolute atomic E-state index is 0.155. The highest BCUT2D eigenvalue weighted by Crippen LogP contribution is 2.24.